The van der Waals surface area contributed by atoms with Gasteiger partial charge in [-0.2, -0.15) is 0 Å². The summed E-state index contributed by atoms with van der Waals surface area (Å²) in [7, 11) is 0. The monoisotopic (exact) mass is 294 g/mol. The highest BCUT2D eigenvalue weighted by atomic mass is 19.2. The van der Waals surface area contributed by atoms with E-state index in [1.807, 2.05) is 0 Å². The van der Waals surface area contributed by atoms with Gasteiger partial charge in [0.2, 0.25) is 5.91 Å². The van der Waals surface area contributed by atoms with E-state index < -0.39 is 11.6 Å². The number of hydrogen-bond donors (Lipinski definition) is 2. The summed E-state index contributed by atoms with van der Waals surface area (Å²) >= 11 is 0. The highest BCUT2D eigenvalue weighted by Gasteiger charge is 2.40. The molecule has 0 saturated heterocycles. The largest absolute Gasteiger partial charge is 0.327 e. The van der Waals surface area contributed by atoms with Crippen molar-refractivity contribution in [2.24, 2.45) is 23.5 Å². The second-order valence-corrected chi connectivity index (χ2v) is 6.31. The predicted octanol–water partition coefficient (Wildman–Crippen LogP) is 3.06. The maximum absolute atomic E-state index is 13.2. The number of nitrogens with two attached hydrogens (primary N) is 1. The van der Waals surface area contributed by atoms with E-state index >= 15 is 0 Å². The third kappa shape index (κ3) is 2.93. The summed E-state index contributed by atoms with van der Waals surface area (Å²) in [5.41, 5.74) is 6.52. The van der Waals surface area contributed by atoms with Crippen LogP contribution in [0.25, 0.3) is 0 Å². The third-order valence-electron chi connectivity index (χ3n) is 4.97. The number of fused-ring (bicyclic) bond motifs is 2. The van der Waals surface area contributed by atoms with Crippen LogP contribution in [0, 0.1) is 29.4 Å². The Morgan fingerprint density at radius 1 is 1.14 bits per heavy atom. The van der Waals surface area contributed by atoms with Crippen molar-refractivity contribution < 1.29 is 13.6 Å². The first-order valence-corrected chi connectivity index (χ1v) is 7.56. The van der Waals surface area contributed by atoms with Crippen molar-refractivity contribution in [1.82, 2.24) is 0 Å². The lowest BCUT2D eigenvalue weighted by Crippen LogP contribution is -2.48. The van der Waals surface area contributed by atoms with Gasteiger partial charge in [0.05, 0.1) is 0 Å². The van der Waals surface area contributed by atoms with Crippen LogP contribution in [0.1, 0.15) is 32.1 Å². The summed E-state index contributed by atoms with van der Waals surface area (Å²) in [6.45, 7) is 0. The zero-order valence-corrected chi connectivity index (χ0v) is 11.8. The van der Waals surface area contributed by atoms with Crippen LogP contribution in [-0.4, -0.2) is 11.9 Å². The van der Waals surface area contributed by atoms with E-state index in [9.17, 15) is 13.6 Å². The van der Waals surface area contributed by atoms with E-state index in [4.69, 9.17) is 5.73 Å². The van der Waals surface area contributed by atoms with Crippen LogP contribution in [0.4, 0.5) is 14.5 Å². The van der Waals surface area contributed by atoms with Crippen molar-refractivity contribution in [3.05, 3.63) is 29.8 Å². The number of carbonyl (C=O) groups is 1. The molecule has 5 heteroatoms. The first-order valence-electron chi connectivity index (χ1n) is 7.56. The molecule has 0 spiro atoms. The molecule has 114 valence electrons. The molecule has 3 rings (SSSR count). The van der Waals surface area contributed by atoms with Crippen molar-refractivity contribution in [1.29, 1.82) is 0 Å². The van der Waals surface area contributed by atoms with Crippen LogP contribution in [0.5, 0.6) is 0 Å². The molecular weight excluding hydrogens is 274 g/mol. The van der Waals surface area contributed by atoms with E-state index in [1.165, 1.54) is 12.5 Å². The Balaban J connectivity index is 1.67. The lowest BCUT2D eigenvalue weighted by Gasteiger charge is -2.43. The number of benzene rings is 1. The van der Waals surface area contributed by atoms with Gasteiger partial charge >= 0.3 is 0 Å². The molecule has 0 heterocycles. The molecule has 2 aliphatic rings. The lowest BCUT2D eigenvalue weighted by molar-refractivity contribution is -0.122. The van der Waals surface area contributed by atoms with Gasteiger partial charge in [0.15, 0.2) is 11.6 Å². The minimum atomic E-state index is -0.949. The number of amides is 1. The Kier molecular flexibility index (Phi) is 3.93. The van der Waals surface area contributed by atoms with Gasteiger partial charge < -0.3 is 11.1 Å². The van der Waals surface area contributed by atoms with Gasteiger partial charge in [-0.25, -0.2) is 8.78 Å². The quantitative estimate of drug-likeness (QED) is 0.881. The Labute approximate surface area is 122 Å². The normalized spacial score (nSPS) is 31.8. The molecule has 21 heavy (non-hydrogen) atoms. The van der Waals surface area contributed by atoms with E-state index in [-0.39, 0.29) is 17.9 Å². The Bertz CT molecular complexity index is 535. The molecule has 2 fully saturated rings. The number of halogens is 2. The van der Waals surface area contributed by atoms with Crippen LogP contribution in [0.2, 0.25) is 0 Å². The highest BCUT2D eigenvalue weighted by molar-refractivity contribution is 5.92. The zero-order chi connectivity index (χ0) is 15.0. The van der Waals surface area contributed by atoms with Crippen LogP contribution >= 0.6 is 0 Å². The summed E-state index contributed by atoms with van der Waals surface area (Å²) in [6.07, 6.45) is 4.97. The molecule has 3 nitrogen and oxygen atoms in total. The molecule has 2 aliphatic carbocycles. The minimum Gasteiger partial charge on any atom is -0.327 e. The molecule has 1 aromatic carbocycles. The fourth-order valence-electron chi connectivity index (χ4n) is 3.82. The molecule has 2 unspecified atom stereocenters. The number of hydrogen-bond acceptors (Lipinski definition) is 2. The van der Waals surface area contributed by atoms with Gasteiger partial charge in [-0.05, 0) is 49.7 Å². The summed E-state index contributed by atoms with van der Waals surface area (Å²) < 4.78 is 26.1. The maximum atomic E-state index is 13.2. The average Bonchev–Trinajstić information content (AvgIpc) is 2.42. The summed E-state index contributed by atoms with van der Waals surface area (Å²) in [6, 6.07) is 3.64. The molecule has 2 saturated carbocycles. The van der Waals surface area contributed by atoms with Gasteiger partial charge in [0.25, 0.3) is 0 Å². The average molecular weight is 294 g/mol. The van der Waals surface area contributed by atoms with Crippen LogP contribution in [0.3, 0.4) is 0 Å². The molecule has 0 aliphatic heterocycles. The van der Waals surface area contributed by atoms with Crippen LogP contribution in [0.15, 0.2) is 18.2 Å². The molecule has 0 aromatic heterocycles. The molecular formula is C16H20F2N2O. The van der Waals surface area contributed by atoms with Gasteiger partial charge in [0, 0.05) is 23.7 Å². The summed E-state index contributed by atoms with van der Waals surface area (Å²) in [5.74, 6) is -1.21. The first-order chi connectivity index (χ1) is 10.0. The van der Waals surface area contributed by atoms with E-state index in [0.29, 0.717) is 17.5 Å². The number of anilines is 1. The van der Waals surface area contributed by atoms with E-state index in [2.05, 4.69) is 5.32 Å². The number of rotatable bonds is 2. The minimum absolute atomic E-state index is 0.0757. The van der Waals surface area contributed by atoms with Gasteiger partial charge in [0.1, 0.15) is 0 Å². The fourth-order valence-corrected chi connectivity index (χ4v) is 3.82. The Morgan fingerprint density at radius 3 is 2.43 bits per heavy atom. The second kappa shape index (κ2) is 5.72. The smallest absolute Gasteiger partial charge is 0.227 e. The third-order valence-corrected chi connectivity index (χ3v) is 4.97. The standard InChI is InChI=1S/C16H20F2N2O/c17-13-5-4-12(8-14(13)18)20-16(21)11-6-9-2-1-3-10(7-11)15(9)19/h4-5,8-11,15H,1-3,6-7,19H2,(H,20,21). The van der Waals surface area contributed by atoms with Crippen molar-refractivity contribution in [3.8, 4) is 0 Å². The van der Waals surface area contributed by atoms with Crippen LogP contribution in [-0.2, 0) is 4.79 Å². The summed E-state index contributed by atoms with van der Waals surface area (Å²) in [4.78, 5) is 12.3. The zero-order valence-electron chi connectivity index (χ0n) is 11.8. The fraction of sp³-hybridized carbons (Fsp3) is 0.562. The van der Waals surface area contributed by atoms with Gasteiger partial charge in [-0.1, -0.05) is 6.42 Å². The van der Waals surface area contributed by atoms with Gasteiger partial charge in [-0.3, -0.25) is 4.79 Å². The molecule has 3 N–H and O–H groups in total. The van der Waals surface area contributed by atoms with Crippen LogP contribution < -0.4 is 11.1 Å². The SMILES string of the molecule is NC1C2CCCC1CC(C(=O)Nc1ccc(F)c(F)c1)C2. The number of nitrogens with one attached hydrogen (secondary N) is 1. The lowest BCUT2D eigenvalue weighted by atomic mass is 9.65. The molecule has 1 aromatic rings. The molecule has 2 atom stereocenters. The molecule has 0 radical (unpaired) electrons. The number of carbonyl (C=O) groups excluding carboxylic acids is 1. The van der Waals surface area contributed by atoms with Crippen molar-refractivity contribution in [2.75, 3.05) is 5.32 Å². The van der Waals surface area contributed by atoms with Gasteiger partial charge in [-0.15, -0.1) is 0 Å². The molecule has 2 bridgehead atoms. The van der Waals surface area contributed by atoms with Crippen molar-refractivity contribution in [3.63, 3.8) is 0 Å². The Morgan fingerprint density at radius 2 is 1.81 bits per heavy atom. The predicted molar refractivity (Wildman–Crippen MR) is 76.5 cm³/mol. The topological polar surface area (TPSA) is 55.1 Å². The highest BCUT2D eigenvalue weighted by Crippen LogP contribution is 2.42. The van der Waals surface area contributed by atoms with E-state index in [1.54, 1.807) is 0 Å². The van der Waals surface area contributed by atoms with Crippen molar-refractivity contribution >= 4 is 11.6 Å². The second-order valence-electron chi connectivity index (χ2n) is 6.31. The van der Waals surface area contributed by atoms with Crippen molar-refractivity contribution in [2.45, 2.75) is 38.1 Å². The summed E-state index contributed by atoms with van der Waals surface area (Å²) in [5, 5.41) is 2.70. The molecule has 1 amide bonds. The van der Waals surface area contributed by atoms with E-state index in [0.717, 1.165) is 37.8 Å². The Hall–Kier alpha value is -1.49. The first kappa shape index (κ1) is 14.4. The maximum Gasteiger partial charge on any atom is 0.227 e.